The molecule has 0 unspecified atom stereocenters. The summed E-state index contributed by atoms with van der Waals surface area (Å²) in [5, 5.41) is 4.22. The average molecular weight is 326 g/mol. The Bertz CT molecular complexity index is 531. The van der Waals surface area contributed by atoms with E-state index in [1.54, 1.807) is 0 Å². The van der Waals surface area contributed by atoms with Gasteiger partial charge in [0.15, 0.2) is 0 Å². The van der Waals surface area contributed by atoms with Crippen LogP contribution in [0.4, 0.5) is 5.13 Å². The SMILES string of the molecule is CC(C)(C)Nc1nc(Cc2cccc(Br)c2)ns1. The smallest absolute Gasteiger partial charge is 0.202 e. The van der Waals surface area contributed by atoms with Crippen molar-refractivity contribution in [2.45, 2.75) is 32.7 Å². The van der Waals surface area contributed by atoms with Gasteiger partial charge in [-0.25, -0.2) is 4.98 Å². The first-order valence-electron chi connectivity index (χ1n) is 5.77. The molecule has 1 aromatic carbocycles. The van der Waals surface area contributed by atoms with Gasteiger partial charge in [-0.05, 0) is 38.5 Å². The van der Waals surface area contributed by atoms with Crippen LogP contribution in [-0.2, 0) is 6.42 Å². The maximum absolute atomic E-state index is 4.50. The number of benzene rings is 1. The molecule has 0 saturated carbocycles. The molecule has 5 heteroatoms. The molecular formula is C13H16BrN3S. The van der Waals surface area contributed by atoms with Crippen LogP contribution in [0.25, 0.3) is 0 Å². The lowest BCUT2D eigenvalue weighted by Gasteiger charge is -2.18. The topological polar surface area (TPSA) is 37.8 Å². The van der Waals surface area contributed by atoms with Gasteiger partial charge in [0.1, 0.15) is 5.82 Å². The highest BCUT2D eigenvalue weighted by molar-refractivity contribution is 9.10. The van der Waals surface area contributed by atoms with Gasteiger partial charge in [0.25, 0.3) is 0 Å². The van der Waals surface area contributed by atoms with Crippen LogP contribution in [0.3, 0.4) is 0 Å². The molecule has 96 valence electrons. The molecule has 2 rings (SSSR count). The van der Waals surface area contributed by atoms with Crippen molar-refractivity contribution in [1.29, 1.82) is 0 Å². The fourth-order valence-corrected chi connectivity index (χ4v) is 2.77. The highest BCUT2D eigenvalue weighted by atomic mass is 79.9. The van der Waals surface area contributed by atoms with Crippen LogP contribution < -0.4 is 5.32 Å². The number of rotatable bonds is 3. The van der Waals surface area contributed by atoms with Gasteiger partial charge in [0.2, 0.25) is 5.13 Å². The number of halogens is 1. The predicted molar refractivity (Wildman–Crippen MR) is 80.2 cm³/mol. The zero-order valence-corrected chi connectivity index (χ0v) is 13.1. The summed E-state index contributed by atoms with van der Waals surface area (Å²) < 4.78 is 5.46. The Morgan fingerprint density at radius 3 is 2.78 bits per heavy atom. The quantitative estimate of drug-likeness (QED) is 0.923. The number of anilines is 1. The molecule has 1 heterocycles. The van der Waals surface area contributed by atoms with E-state index in [0.29, 0.717) is 0 Å². The maximum Gasteiger partial charge on any atom is 0.202 e. The van der Waals surface area contributed by atoms with Gasteiger partial charge < -0.3 is 5.32 Å². The minimum absolute atomic E-state index is 0.0204. The van der Waals surface area contributed by atoms with Crippen molar-refractivity contribution in [2.75, 3.05) is 5.32 Å². The van der Waals surface area contributed by atoms with E-state index in [2.05, 4.69) is 63.5 Å². The molecule has 0 saturated heterocycles. The minimum Gasteiger partial charge on any atom is -0.356 e. The fraction of sp³-hybridized carbons (Fsp3) is 0.385. The molecule has 0 aliphatic heterocycles. The molecule has 0 spiro atoms. The Kier molecular flexibility index (Phi) is 4.02. The number of hydrogen-bond acceptors (Lipinski definition) is 4. The number of nitrogens with one attached hydrogen (secondary N) is 1. The Hall–Kier alpha value is -0.940. The van der Waals surface area contributed by atoms with Crippen molar-refractivity contribution in [3.63, 3.8) is 0 Å². The van der Waals surface area contributed by atoms with Gasteiger partial charge in [-0.3, -0.25) is 0 Å². The first kappa shape index (κ1) is 13.5. The van der Waals surface area contributed by atoms with Gasteiger partial charge in [0, 0.05) is 28.0 Å². The summed E-state index contributed by atoms with van der Waals surface area (Å²) in [5.41, 5.74) is 1.23. The van der Waals surface area contributed by atoms with Gasteiger partial charge >= 0.3 is 0 Å². The summed E-state index contributed by atoms with van der Waals surface area (Å²) >= 11 is 4.89. The van der Waals surface area contributed by atoms with Crippen molar-refractivity contribution in [1.82, 2.24) is 9.36 Å². The second kappa shape index (κ2) is 5.36. The van der Waals surface area contributed by atoms with Crippen LogP contribution in [-0.4, -0.2) is 14.9 Å². The molecule has 0 amide bonds. The molecule has 18 heavy (non-hydrogen) atoms. The number of hydrogen-bond donors (Lipinski definition) is 1. The molecule has 0 radical (unpaired) electrons. The van der Waals surface area contributed by atoms with Crippen molar-refractivity contribution >= 4 is 32.6 Å². The molecule has 2 aromatic rings. The van der Waals surface area contributed by atoms with E-state index in [4.69, 9.17) is 0 Å². The van der Waals surface area contributed by atoms with Gasteiger partial charge in [0.05, 0.1) is 0 Å². The molecule has 0 aliphatic rings. The van der Waals surface area contributed by atoms with Gasteiger partial charge in [-0.15, -0.1) is 0 Å². The molecule has 3 nitrogen and oxygen atoms in total. The molecule has 0 atom stereocenters. The van der Waals surface area contributed by atoms with Crippen molar-refractivity contribution in [3.8, 4) is 0 Å². The minimum atomic E-state index is 0.0204. The third kappa shape index (κ3) is 4.07. The molecule has 0 fully saturated rings. The molecule has 0 bridgehead atoms. The predicted octanol–water partition coefficient (Wildman–Crippen LogP) is 4.10. The van der Waals surface area contributed by atoms with Crippen LogP contribution in [0.5, 0.6) is 0 Å². The lowest BCUT2D eigenvalue weighted by Crippen LogP contribution is -2.25. The van der Waals surface area contributed by atoms with Crippen LogP contribution in [0.2, 0.25) is 0 Å². The van der Waals surface area contributed by atoms with E-state index >= 15 is 0 Å². The first-order chi connectivity index (χ1) is 8.42. The second-order valence-corrected chi connectivity index (χ2v) is 6.86. The Labute approximate surface area is 120 Å². The third-order valence-electron chi connectivity index (χ3n) is 2.20. The second-order valence-electron chi connectivity index (χ2n) is 5.20. The van der Waals surface area contributed by atoms with Crippen LogP contribution in [0, 0.1) is 0 Å². The lowest BCUT2D eigenvalue weighted by atomic mass is 10.1. The van der Waals surface area contributed by atoms with Gasteiger partial charge in [-0.1, -0.05) is 28.1 Å². The van der Waals surface area contributed by atoms with Gasteiger partial charge in [-0.2, -0.15) is 4.37 Å². The largest absolute Gasteiger partial charge is 0.356 e. The molecule has 1 N–H and O–H groups in total. The van der Waals surface area contributed by atoms with Crippen LogP contribution in [0.15, 0.2) is 28.7 Å². The summed E-state index contributed by atoms with van der Waals surface area (Å²) in [6, 6.07) is 8.23. The van der Waals surface area contributed by atoms with E-state index in [1.807, 2.05) is 12.1 Å². The molecule has 0 aliphatic carbocycles. The lowest BCUT2D eigenvalue weighted by molar-refractivity contribution is 0.633. The monoisotopic (exact) mass is 325 g/mol. The zero-order valence-electron chi connectivity index (χ0n) is 10.7. The summed E-state index contributed by atoms with van der Waals surface area (Å²) in [4.78, 5) is 4.50. The molecular weight excluding hydrogens is 310 g/mol. The number of nitrogens with zero attached hydrogens (tertiary/aromatic N) is 2. The Balaban J connectivity index is 2.07. The normalized spacial score (nSPS) is 11.6. The van der Waals surface area contributed by atoms with E-state index in [9.17, 15) is 0 Å². The Morgan fingerprint density at radius 1 is 1.33 bits per heavy atom. The van der Waals surface area contributed by atoms with Crippen LogP contribution >= 0.6 is 27.5 Å². The highest BCUT2D eigenvalue weighted by Crippen LogP contribution is 2.19. The summed E-state index contributed by atoms with van der Waals surface area (Å²) in [6.07, 6.45) is 0.766. The van der Waals surface area contributed by atoms with Crippen molar-refractivity contribution in [2.24, 2.45) is 0 Å². The fourth-order valence-electron chi connectivity index (χ4n) is 1.53. The summed E-state index contributed by atoms with van der Waals surface area (Å²) in [6.45, 7) is 6.34. The summed E-state index contributed by atoms with van der Waals surface area (Å²) in [7, 11) is 0. The zero-order chi connectivity index (χ0) is 13.2. The Morgan fingerprint density at radius 2 is 2.11 bits per heavy atom. The van der Waals surface area contributed by atoms with E-state index in [1.165, 1.54) is 17.1 Å². The standard InChI is InChI=1S/C13H16BrN3S/c1-13(2,3)16-12-15-11(17-18-12)8-9-5-4-6-10(14)7-9/h4-7H,8H2,1-3H3,(H,15,16,17). The van der Waals surface area contributed by atoms with E-state index in [-0.39, 0.29) is 5.54 Å². The first-order valence-corrected chi connectivity index (χ1v) is 7.34. The third-order valence-corrected chi connectivity index (χ3v) is 3.36. The van der Waals surface area contributed by atoms with Crippen molar-refractivity contribution < 1.29 is 0 Å². The highest BCUT2D eigenvalue weighted by Gasteiger charge is 2.13. The molecule has 1 aromatic heterocycles. The maximum atomic E-state index is 4.50. The van der Waals surface area contributed by atoms with Crippen molar-refractivity contribution in [3.05, 3.63) is 40.1 Å². The van der Waals surface area contributed by atoms with E-state index in [0.717, 1.165) is 21.8 Å². The summed E-state index contributed by atoms with van der Waals surface area (Å²) in [5.74, 6) is 0.866. The van der Waals surface area contributed by atoms with E-state index < -0.39 is 0 Å². The average Bonchev–Trinajstić information content (AvgIpc) is 2.62. The number of aromatic nitrogens is 2. The van der Waals surface area contributed by atoms with Crippen LogP contribution in [0.1, 0.15) is 32.2 Å².